The molecule has 1 aliphatic heterocycles. The maximum absolute atomic E-state index is 13.6. The number of sulfonamides is 1. The summed E-state index contributed by atoms with van der Waals surface area (Å²) in [5, 5.41) is 8.44. The van der Waals surface area contributed by atoms with Crippen LogP contribution in [0.4, 0.5) is 0 Å². The summed E-state index contributed by atoms with van der Waals surface area (Å²) in [5.74, 6) is -0.267. The summed E-state index contributed by atoms with van der Waals surface area (Å²) < 4.78 is 27.3. The maximum Gasteiger partial charge on any atom is 0.253 e. The molecule has 0 aliphatic carbocycles. The van der Waals surface area contributed by atoms with Crippen LogP contribution in [-0.2, 0) is 23.0 Å². The van der Waals surface area contributed by atoms with Crippen LogP contribution in [0.2, 0.25) is 0 Å². The molecular formula is C26H36N6O4S. The fourth-order valence-electron chi connectivity index (χ4n) is 5.07. The van der Waals surface area contributed by atoms with Crippen LogP contribution < -0.4 is 10.9 Å². The summed E-state index contributed by atoms with van der Waals surface area (Å²) in [6.45, 7) is 10.7. The van der Waals surface area contributed by atoms with Crippen LogP contribution in [-0.4, -0.2) is 57.7 Å². The van der Waals surface area contributed by atoms with Crippen molar-refractivity contribution in [1.82, 2.24) is 29.4 Å². The van der Waals surface area contributed by atoms with Crippen molar-refractivity contribution in [1.29, 1.82) is 0 Å². The minimum absolute atomic E-state index is 0.0247. The van der Waals surface area contributed by atoms with E-state index in [4.69, 9.17) is 10.1 Å². The second kappa shape index (κ2) is 10.4. The number of carbonyl (C=O) groups is 1. The number of rotatable bonds is 7. The number of piperidine rings is 1. The number of aryl methyl sites for hydroxylation is 3. The number of hydrogen-bond donors (Lipinski definition) is 2. The van der Waals surface area contributed by atoms with E-state index in [0.717, 1.165) is 28.0 Å². The van der Waals surface area contributed by atoms with Gasteiger partial charge in [-0.3, -0.25) is 9.59 Å². The molecule has 4 rings (SSSR count). The predicted octanol–water partition coefficient (Wildman–Crippen LogP) is 2.95. The van der Waals surface area contributed by atoms with Crippen LogP contribution in [0.3, 0.4) is 0 Å². The average molecular weight is 529 g/mol. The van der Waals surface area contributed by atoms with E-state index in [9.17, 15) is 18.0 Å². The Morgan fingerprint density at radius 1 is 1.22 bits per heavy atom. The van der Waals surface area contributed by atoms with Crippen LogP contribution >= 0.6 is 0 Å². The quantitative estimate of drug-likeness (QED) is 0.485. The Balaban J connectivity index is 1.74. The maximum atomic E-state index is 13.6. The lowest BCUT2D eigenvalue weighted by Crippen LogP contribution is -2.37. The number of nitrogens with zero attached hydrogens (tertiary/aromatic N) is 4. The zero-order chi connectivity index (χ0) is 27.1. The van der Waals surface area contributed by atoms with E-state index >= 15 is 0 Å². The van der Waals surface area contributed by atoms with Gasteiger partial charge in [-0.05, 0) is 64.7 Å². The van der Waals surface area contributed by atoms with Gasteiger partial charge in [-0.25, -0.2) is 22.4 Å². The van der Waals surface area contributed by atoms with Crippen molar-refractivity contribution in [3.05, 3.63) is 56.3 Å². The molecular weight excluding hydrogens is 492 g/mol. The third-order valence-electron chi connectivity index (χ3n) is 7.08. The molecule has 0 radical (unpaired) electrons. The van der Waals surface area contributed by atoms with Gasteiger partial charge in [0.05, 0.1) is 22.9 Å². The summed E-state index contributed by atoms with van der Waals surface area (Å²) in [4.78, 5) is 33.9. The molecule has 37 heavy (non-hydrogen) atoms. The highest BCUT2D eigenvalue weighted by Gasteiger charge is 2.29. The molecule has 11 heteroatoms. The van der Waals surface area contributed by atoms with Gasteiger partial charge in [0, 0.05) is 48.5 Å². The molecule has 0 unspecified atom stereocenters. The zero-order valence-electron chi connectivity index (χ0n) is 22.4. The highest BCUT2D eigenvalue weighted by atomic mass is 32.2. The fourth-order valence-corrected chi connectivity index (χ4v) is 5.95. The minimum Gasteiger partial charge on any atom is -0.348 e. The number of hydrogen-bond acceptors (Lipinski definition) is 6. The van der Waals surface area contributed by atoms with Crippen molar-refractivity contribution >= 4 is 27.0 Å². The third-order valence-corrected chi connectivity index (χ3v) is 8.39. The lowest BCUT2D eigenvalue weighted by molar-refractivity contribution is 0.0952. The predicted molar refractivity (Wildman–Crippen MR) is 143 cm³/mol. The van der Waals surface area contributed by atoms with Gasteiger partial charge in [0.25, 0.3) is 11.5 Å². The van der Waals surface area contributed by atoms with E-state index in [0.29, 0.717) is 49.1 Å². The number of nitrogens with one attached hydrogen (secondary N) is 2. The Morgan fingerprint density at radius 2 is 1.89 bits per heavy atom. The molecule has 3 aromatic rings. The molecule has 0 bridgehead atoms. The van der Waals surface area contributed by atoms with Gasteiger partial charge in [0.15, 0.2) is 5.65 Å². The van der Waals surface area contributed by atoms with E-state index < -0.39 is 10.0 Å². The summed E-state index contributed by atoms with van der Waals surface area (Å²) in [5.41, 5.74) is 4.60. The molecule has 0 saturated carbocycles. The molecule has 0 aromatic carbocycles. The van der Waals surface area contributed by atoms with Crippen LogP contribution in [0, 0.1) is 13.8 Å². The fraction of sp³-hybridized carbons (Fsp3) is 0.538. The summed E-state index contributed by atoms with van der Waals surface area (Å²) in [7, 11) is -3.24. The molecule has 1 aliphatic rings. The Morgan fingerprint density at radius 3 is 2.46 bits per heavy atom. The molecule has 1 saturated heterocycles. The van der Waals surface area contributed by atoms with Crippen molar-refractivity contribution in [2.75, 3.05) is 19.3 Å². The van der Waals surface area contributed by atoms with Crippen LogP contribution in [0.15, 0.2) is 16.9 Å². The number of fused-ring (bicyclic) bond motifs is 1. The number of aromatic amines is 1. The summed E-state index contributed by atoms with van der Waals surface area (Å²) in [6.07, 6.45) is 3.12. The molecule has 4 heterocycles. The molecule has 3 aromatic heterocycles. The molecule has 1 fully saturated rings. The number of aromatic nitrogens is 4. The van der Waals surface area contributed by atoms with Gasteiger partial charge in [-0.15, -0.1) is 0 Å². The first-order valence-corrected chi connectivity index (χ1v) is 14.6. The van der Waals surface area contributed by atoms with Gasteiger partial charge in [-0.2, -0.15) is 5.10 Å². The van der Waals surface area contributed by atoms with E-state index in [1.807, 2.05) is 51.4 Å². The van der Waals surface area contributed by atoms with Crippen LogP contribution in [0.5, 0.6) is 0 Å². The molecule has 10 nitrogen and oxygen atoms in total. The number of pyridine rings is 2. The summed E-state index contributed by atoms with van der Waals surface area (Å²) >= 11 is 0. The average Bonchev–Trinajstić information content (AvgIpc) is 3.21. The first kappa shape index (κ1) is 27.0. The van der Waals surface area contributed by atoms with Gasteiger partial charge < -0.3 is 10.3 Å². The van der Waals surface area contributed by atoms with E-state index in [1.54, 1.807) is 0 Å². The van der Waals surface area contributed by atoms with Crippen molar-refractivity contribution in [2.24, 2.45) is 0 Å². The smallest absolute Gasteiger partial charge is 0.253 e. The SMILES string of the molecule is CCc1nn(C(C)C)c2nc(C3CCN(S(C)(=O)=O)CC3)cc(C(=O)NCc3c(C)cc(C)[nH]c3=O)c12. The molecule has 200 valence electrons. The first-order valence-electron chi connectivity index (χ1n) is 12.7. The second-order valence-corrected chi connectivity index (χ2v) is 12.2. The zero-order valence-corrected chi connectivity index (χ0v) is 23.2. The van der Waals surface area contributed by atoms with Gasteiger partial charge >= 0.3 is 0 Å². The minimum atomic E-state index is -3.24. The molecule has 1 amide bonds. The van der Waals surface area contributed by atoms with E-state index in [1.165, 1.54) is 10.6 Å². The Labute approximate surface area is 217 Å². The van der Waals surface area contributed by atoms with Gasteiger partial charge in [0.2, 0.25) is 10.0 Å². The third kappa shape index (κ3) is 5.47. The summed E-state index contributed by atoms with van der Waals surface area (Å²) in [6, 6.07) is 3.76. The lowest BCUT2D eigenvalue weighted by atomic mass is 9.92. The van der Waals surface area contributed by atoms with E-state index in [-0.39, 0.29) is 30.0 Å². The van der Waals surface area contributed by atoms with Crippen molar-refractivity contribution in [3.8, 4) is 0 Å². The standard InChI is InChI=1S/C26H36N6O4S/c1-7-21-23-19(25(33)27-14-20-16(4)12-17(5)28-26(20)34)13-22(29-24(23)32(30-21)15(2)3)18-8-10-31(11-9-18)37(6,35)36/h12-13,15,18H,7-11,14H2,1-6H3,(H,27,33)(H,28,34). The van der Waals surface area contributed by atoms with E-state index in [2.05, 4.69) is 10.3 Å². The number of H-pyrrole nitrogens is 1. The second-order valence-electron chi connectivity index (χ2n) is 10.2. The Kier molecular flexibility index (Phi) is 7.57. The first-order chi connectivity index (χ1) is 17.4. The van der Waals surface area contributed by atoms with Crippen molar-refractivity contribution in [2.45, 2.75) is 72.4 Å². The Hall–Kier alpha value is -3.05. The molecule has 0 atom stereocenters. The lowest BCUT2D eigenvalue weighted by Gasteiger charge is -2.30. The van der Waals surface area contributed by atoms with Gasteiger partial charge in [0.1, 0.15) is 0 Å². The monoisotopic (exact) mass is 528 g/mol. The topological polar surface area (TPSA) is 130 Å². The van der Waals surface area contributed by atoms with Crippen molar-refractivity contribution in [3.63, 3.8) is 0 Å². The molecule has 2 N–H and O–H groups in total. The Bertz CT molecular complexity index is 1500. The molecule has 0 spiro atoms. The van der Waals surface area contributed by atoms with Crippen LogP contribution in [0.1, 0.15) is 84.1 Å². The highest BCUT2D eigenvalue weighted by Crippen LogP contribution is 2.32. The van der Waals surface area contributed by atoms with Crippen molar-refractivity contribution < 1.29 is 13.2 Å². The number of amides is 1. The largest absolute Gasteiger partial charge is 0.348 e. The van der Waals surface area contributed by atoms with Crippen LogP contribution in [0.25, 0.3) is 11.0 Å². The number of carbonyl (C=O) groups excluding carboxylic acids is 1. The van der Waals surface area contributed by atoms with Gasteiger partial charge in [-0.1, -0.05) is 6.92 Å². The normalized spacial score (nSPS) is 15.5. The highest BCUT2D eigenvalue weighted by molar-refractivity contribution is 7.88.